The zero-order chi connectivity index (χ0) is 17.5. The monoisotopic (exact) mass is 348 g/mol. The predicted molar refractivity (Wildman–Crippen MR) is 102 cm³/mol. The fraction of sp³-hybridized carbons (Fsp3) is 0.550. The summed E-state index contributed by atoms with van der Waals surface area (Å²) < 4.78 is 0. The Kier molecular flexibility index (Phi) is 7.32. The van der Waals surface area contributed by atoms with Gasteiger partial charge < -0.3 is 9.80 Å². The largest absolute Gasteiger partial charge is 0.309 e. The molecule has 2 unspecified atom stereocenters. The number of hydrogen-bond acceptors (Lipinski definition) is 2. The molecule has 0 spiro atoms. The highest BCUT2D eigenvalue weighted by molar-refractivity contribution is 6.29. The van der Waals surface area contributed by atoms with E-state index in [9.17, 15) is 4.79 Å². The second-order valence-corrected chi connectivity index (χ2v) is 7.26. The minimum absolute atomic E-state index is 0.215. The second kappa shape index (κ2) is 9.24. The number of carbonyl (C=O) groups is 1. The van der Waals surface area contributed by atoms with E-state index >= 15 is 0 Å². The van der Waals surface area contributed by atoms with Gasteiger partial charge in [0.15, 0.2) is 0 Å². The van der Waals surface area contributed by atoms with Gasteiger partial charge in [-0.25, -0.2) is 0 Å². The van der Waals surface area contributed by atoms with Gasteiger partial charge in [-0.1, -0.05) is 49.7 Å². The number of piperidine rings is 1. The van der Waals surface area contributed by atoms with Gasteiger partial charge in [-0.15, -0.1) is 0 Å². The summed E-state index contributed by atoms with van der Waals surface area (Å²) >= 11 is 5.91. The maximum atomic E-state index is 12.6. The summed E-state index contributed by atoms with van der Waals surface area (Å²) in [7, 11) is 0. The molecule has 132 valence electrons. The molecule has 0 aliphatic carbocycles. The number of para-hydroxylation sites is 1. The van der Waals surface area contributed by atoms with Crippen molar-refractivity contribution < 1.29 is 4.79 Å². The zero-order valence-corrected chi connectivity index (χ0v) is 15.8. The van der Waals surface area contributed by atoms with Crippen LogP contribution in [0.1, 0.15) is 40.0 Å². The van der Waals surface area contributed by atoms with Gasteiger partial charge in [0.25, 0.3) is 0 Å². The second-order valence-electron chi connectivity index (χ2n) is 6.67. The molecule has 0 saturated carbocycles. The molecular formula is C20H29ClN2O. The molecule has 1 aromatic rings. The Labute approximate surface area is 151 Å². The van der Waals surface area contributed by atoms with Gasteiger partial charge in [0, 0.05) is 42.8 Å². The van der Waals surface area contributed by atoms with Crippen LogP contribution in [0.25, 0.3) is 0 Å². The summed E-state index contributed by atoms with van der Waals surface area (Å²) in [6, 6.07) is 10.4. The van der Waals surface area contributed by atoms with Crippen molar-refractivity contribution >= 4 is 23.2 Å². The average Bonchev–Trinajstić information content (AvgIpc) is 2.57. The normalized spacial score (nSPS) is 22.4. The Balaban J connectivity index is 2.05. The zero-order valence-electron chi connectivity index (χ0n) is 15.0. The minimum atomic E-state index is 0.215. The lowest BCUT2D eigenvalue weighted by atomic mass is 9.91. The van der Waals surface area contributed by atoms with E-state index in [-0.39, 0.29) is 11.9 Å². The van der Waals surface area contributed by atoms with Crippen LogP contribution in [0.15, 0.2) is 41.4 Å². The third-order valence-electron chi connectivity index (χ3n) is 4.75. The molecule has 3 nitrogen and oxygen atoms in total. The number of hydrogen-bond donors (Lipinski definition) is 0. The van der Waals surface area contributed by atoms with Crippen LogP contribution in [0.5, 0.6) is 0 Å². The molecule has 4 heteroatoms. The molecule has 1 aliphatic rings. The van der Waals surface area contributed by atoms with Gasteiger partial charge in [0.2, 0.25) is 5.91 Å². The molecule has 1 aromatic carbocycles. The molecule has 0 radical (unpaired) electrons. The SMILES string of the molecule is CCC(=O)N(c1ccccc1)C1CCN(CC/C=C(/C)Cl)CC1C. The number of carbonyl (C=O) groups excluding carboxylic acids is 1. The molecule has 24 heavy (non-hydrogen) atoms. The summed E-state index contributed by atoms with van der Waals surface area (Å²) in [4.78, 5) is 17.1. The molecular weight excluding hydrogens is 320 g/mol. The summed E-state index contributed by atoms with van der Waals surface area (Å²) in [6.07, 6.45) is 4.63. The van der Waals surface area contributed by atoms with Crippen LogP contribution in [0.3, 0.4) is 0 Å². The Morgan fingerprint density at radius 2 is 2.08 bits per heavy atom. The standard InChI is InChI=1S/C20H29ClN2O/c1-4-20(24)23(18-10-6-5-7-11-18)19-12-14-22(15-16(19)2)13-8-9-17(3)21/h5-7,9-11,16,19H,4,8,12-15H2,1-3H3/b17-9-. The van der Waals surface area contributed by atoms with Crippen molar-refractivity contribution in [3.8, 4) is 0 Å². The minimum Gasteiger partial charge on any atom is -0.309 e. The molecule has 2 atom stereocenters. The maximum absolute atomic E-state index is 12.6. The van der Waals surface area contributed by atoms with Crippen molar-refractivity contribution in [3.05, 3.63) is 41.4 Å². The Morgan fingerprint density at radius 1 is 1.38 bits per heavy atom. The number of nitrogens with zero attached hydrogens (tertiary/aromatic N) is 2. The Morgan fingerprint density at radius 3 is 2.67 bits per heavy atom. The summed E-state index contributed by atoms with van der Waals surface area (Å²) in [5.41, 5.74) is 1.02. The first-order valence-corrected chi connectivity index (χ1v) is 9.32. The number of benzene rings is 1. The predicted octanol–water partition coefficient (Wildman–Crippen LogP) is 4.67. The first-order chi connectivity index (χ1) is 11.5. The lowest BCUT2D eigenvalue weighted by Crippen LogP contribution is -2.52. The molecule has 1 fully saturated rings. The van der Waals surface area contributed by atoms with Crippen molar-refractivity contribution in [2.45, 2.75) is 46.1 Å². The fourth-order valence-corrected chi connectivity index (χ4v) is 3.64. The van der Waals surface area contributed by atoms with Crippen LogP contribution in [0, 0.1) is 5.92 Å². The smallest absolute Gasteiger partial charge is 0.226 e. The van der Waals surface area contributed by atoms with Crippen molar-refractivity contribution in [3.63, 3.8) is 0 Å². The van der Waals surface area contributed by atoms with Crippen LogP contribution in [-0.2, 0) is 4.79 Å². The van der Waals surface area contributed by atoms with E-state index in [4.69, 9.17) is 11.6 Å². The van der Waals surface area contributed by atoms with E-state index in [0.29, 0.717) is 12.3 Å². The summed E-state index contributed by atoms with van der Waals surface area (Å²) in [5, 5.41) is 0.863. The first kappa shape index (κ1) is 19.0. The molecule has 1 aliphatic heterocycles. The quantitative estimate of drug-likeness (QED) is 0.745. The lowest BCUT2D eigenvalue weighted by molar-refractivity contribution is -0.119. The maximum Gasteiger partial charge on any atom is 0.226 e. The van der Waals surface area contributed by atoms with Crippen LogP contribution in [0.4, 0.5) is 5.69 Å². The molecule has 2 rings (SSSR count). The molecule has 0 aromatic heterocycles. The van der Waals surface area contributed by atoms with Gasteiger partial charge in [0.1, 0.15) is 0 Å². The number of anilines is 1. The highest BCUT2D eigenvalue weighted by Crippen LogP contribution is 2.28. The molecule has 1 saturated heterocycles. The topological polar surface area (TPSA) is 23.6 Å². The Hall–Kier alpha value is -1.32. The summed E-state index contributed by atoms with van der Waals surface area (Å²) in [5.74, 6) is 0.669. The first-order valence-electron chi connectivity index (χ1n) is 8.94. The van der Waals surface area contributed by atoms with Crippen molar-refractivity contribution in [2.75, 3.05) is 24.5 Å². The lowest BCUT2D eigenvalue weighted by Gasteiger charge is -2.42. The number of rotatable bonds is 6. The van der Waals surface area contributed by atoms with E-state index in [0.717, 1.165) is 43.2 Å². The highest BCUT2D eigenvalue weighted by atomic mass is 35.5. The third kappa shape index (κ3) is 5.09. The van der Waals surface area contributed by atoms with Gasteiger partial charge in [-0.05, 0) is 37.8 Å². The van der Waals surface area contributed by atoms with E-state index in [1.165, 1.54) is 0 Å². The highest BCUT2D eigenvalue weighted by Gasteiger charge is 2.33. The van der Waals surface area contributed by atoms with Gasteiger partial charge in [-0.2, -0.15) is 0 Å². The number of amides is 1. The molecule has 0 N–H and O–H groups in total. The van der Waals surface area contributed by atoms with Crippen LogP contribution in [0.2, 0.25) is 0 Å². The van der Waals surface area contributed by atoms with E-state index < -0.39 is 0 Å². The van der Waals surface area contributed by atoms with Crippen LogP contribution in [-0.4, -0.2) is 36.5 Å². The van der Waals surface area contributed by atoms with Crippen molar-refractivity contribution in [1.82, 2.24) is 4.90 Å². The summed E-state index contributed by atoms with van der Waals surface area (Å²) in [6.45, 7) is 9.22. The molecule has 1 amide bonds. The Bertz CT molecular complexity index is 554. The fourth-order valence-electron chi connectivity index (χ4n) is 3.53. The van der Waals surface area contributed by atoms with Gasteiger partial charge in [0.05, 0.1) is 0 Å². The number of likely N-dealkylation sites (tertiary alicyclic amines) is 1. The van der Waals surface area contributed by atoms with E-state index in [2.05, 4.69) is 17.9 Å². The molecule has 0 bridgehead atoms. The van der Waals surface area contributed by atoms with E-state index in [1.807, 2.05) is 49.1 Å². The van der Waals surface area contributed by atoms with Gasteiger partial charge >= 0.3 is 0 Å². The average molecular weight is 349 g/mol. The number of allylic oxidation sites excluding steroid dienone is 1. The van der Waals surface area contributed by atoms with Crippen LogP contribution >= 0.6 is 11.6 Å². The number of halogens is 1. The van der Waals surface area contributed by atoms with Gasteiger partial charge in [-0.3, -0.25) is 4.79 Å². The van der Waals surface area contributed by atoms with E-state index in [1.54, 1.807) is 0 Å². The third-order valence-corrected chi connectivity index (χ3v) is 4.91. The van der Waals surface area contributed by atoms with Crippen LogP contribution < -0.4 is 4.90 Å². The molecule has 1 heterocycles. The van der Waals surface area contributed by atoms with Crippen molar-refractivity contribution in [2.24, 2.45) is 5.92 Å². The van der Waals surface area contributed by atoms with Crippen molar-refractivity contribution in [1.29, 1.82) is 0 Å².